The van der Waals surface area contributed by atoms with E-state index in [4.69, 9.17) is 40.6 Å². The van der Waals surface area contributed by atoms with E-state index in [9.17, 15) is 14.5 Å². The number of fused-ring (bicyclic) bond motifs is 1. The molecule has 6 atom stereocenters. The summed E-state index contributed by atoms with van der Waals surface area (Å²) in [6, 6.07) is 5.02. The van der Waals surface area contributed by atoms with Gasteiger partial charge in [0.25, 0.3) is 0 Å². The third kappa shape index (κ3) is 7.59. The van der Waals surface area contributed by atoms with Gasteiger partial charge in [-0.2, -0.15) is 15.1 Å². The van der Waals surface area contributed by atoms with E-state index in [1.54, 1.807) is 19.1 Å². The Bertz CT molecular complexity index is 1540. The van der Waals surface area contributed by atoms with E-state index < -0.39 is 50.5 Å². The molecule has 17 heteroatoms. The van der Waals surface area contributed by atoms with Gasteiger partial charge in [0.1, 0.15) is 23.5 Å². The molecule has 1 saturated heterocycles. The van der Waals surface area contributed by atoms with Gasteiger partial charge in [-0.1, -0.05) is 44.5 Å². The number of esters is 1. The highest BCUT2D eigenvalue weighted by molar-refractivity contribution is 7.52. The number of carbonyl (C=O) groups excluding carboxylic acids is 1. The summed E-state index contributed by atoms with van der Waals surface area (Å²) in [4.78, 5) is 25.1. The Morgan fingerprint density at radius 2 is 2.05 bits per heavy atom. The summed E-state index contributed by atoms with van der Waals surface area (Å²) in [5, 5.41) is 13.9. The predicted molar refractivity (Wildman–Crippen MR) is 159 cm³/mol. The van der Waals surface area contributed by atoms with Crippen LogP contribution in [0, 0.1) is 5.41 Å². The summed E-state index contributed by atoms with van der Waals surface area (Å²) < 4.78 is 59.0. The number of benzene rings is 1. The third-order valence-corrected chi connectivity index (χ3v) is 8.39. The Kier molecular flexibility index (Phi) is 10.1. The third-order valence-electron chi connectivity index (χ3n) is 6.45. The van der Waals surface area contributed by atoms with Crippen LogP contribution in [0.25, 0.3) is 11.2 Å². The smallest absolute Gasteiger partial charge is 0.459 e. The van der Waals surface area contributed by atoms with Crippen molar-refractivity contribution in [1.82, 2.24) is 24.6 Å². The molecule has 2 aromatic heterocycles. The van der Waals surface area contributed by atoms with Gasteiger partial charge in [-0.15, -0.1) is 0 Å². The number of nitrogens with two attached hydrogens (primary N) is 1. The molecule has 0 saturated carbocycles. The SMILES string of the molecule is CCOc1nc(N)nc2c1ncn2[C@@H]1O[C@H](COP(=O)(NC(C)C(=O)OCC(C)(C)C)Oc2ccccc2Cl)C(F)[C@@]1(C)O. The van der Waals surface area contributed by atoms with Crippen molar-refractivity contribution in [2.24, 2.45) is 5.41 Å². The van der Waals surface area contributed by atoms with Gasteiger partial charge >= 0.3 is 13.7 Å². The van der Waals surface area contributed by atoms with E-state index in [-0.39, 0.29) is 52.4 Å². The molecule has 1 aliphatic heterocycles. The lowest BCUT2D eigenvalue weighted by molar-refractivity contribution is -0.148. The number of aromatic nitrogens is 4. The maximum atomic E-state index is 15.7. The van der Waals surface area contributed by atoms with Crippen LogP contribution in [-0.2, 0) is 23.4 Å². The first-order valence-electron chi connectivity index (χ1n) is 13.8. The number of imidazole rings is 1. The van der Waals surface area contributed by atoms with Gasteiger partial charge in [0.05, 0.1) is 31.2 Å². The number of hydrogen-bond acceptors (Lipinski definition) is 12. The maximum Gasteiger partial charge on any atom is 0.459 e. The highest BCUT2D eigenvalue weighted by atomic mass is 35.5. The van der Waals surface area contributed by atoms with Crippen LogP contribution in [0.2, 0.25) is 5.02 Å². The second-order valence-electron chi connectivity index (χ2n) is 11.6. The number of rotatable bonds is 12. The number of halogens is 2. The fourth-order valence-corrected chi connectivity index (χ4v) is 6.03. The van der Waals surface area contributed by atoms with Crippen LogP contribution in [0.15, 0.2) is 30.6 Å². The monoisotopic (exact) mass is 658 g/mol. The lowest BCUT2D eigenvalue weighted by Crippen LogP contribution is -2.42. The van der Waals surface area contributed by atoms with Crippen LogP contribution in [-0.4, -0.2) is 74.3 Å². The van der Waals surface area contributed by atoms with Crippen molar-refractivity contribution in [2.75, 3.05) is 25.6 Å². The average molecular weight is 659 g/mol. The van der Waals surface area contributed by atoms with E-state index in [0.29, 0.717) is 0 Å². The Morgan fingerprint density at radius 3 is 2.70 bits per heavy atom. The molecule has 1 aromatic carbocycles. The molecule has 3 heterocycles. The van der Waals surface area contributed by atoms with Gasteiger partial charge in [-0.25, -0.2) is 13.9 Å². The summed E-state index contributed by atoms with van der Waals surface area (Å²) in [6.45, 7) is 9.77. The van der Waals surface area contributed by atoms with Crippen molar-refractivity contribution in [3.8, 4) is 11.6 Å². The lowest BCUT2D eigenvalue weighted by atomic mass is 9.98. The summed E-state index contributed by atoms with van der Waals surface area (Å²) in [5.41, 5.74) is 3.77. The van der Waals surface area contributed by atoms with Crippen LogP contribution < -0.4 is 20.1 Å². The molecule has 242 valence electrons. The molecule has 1 aliphatic rings. The van der Waals surface area contributed by atoms with Gasteiger partial charge in [0.15, 0.2) is 23.6 Å². The summed E-state index contributed by atoms with van der Waals surface area (Å²) in [7, 11) is -4.44. The molecule has 4 rings (SSSR count). The zero-order chi connectivity index (χ0) is 32.4. The molecule has 0 bridgehead atoms. The van der Waals surface area contributed by atoms with Crippen LogP contribution in [0.1, 0.15) is 47.8 Å². The van der Waals surface area contributed by atoms with Crippen molar-refractivity contribution >= 4 is 42.4 Å². The Hall–Kier alpha value is -3.07. The first-order valence-corrected chi connectivity index (χ1v) is 15.7. The molecular formula is C27H37ClFN6O8P. The van der Waals surface area contributed by atoms with Crippen LogP contribution in [0.4, 0.5) is 10.3 Å². The minimum atomic E-state index is -4.44. The van der Waals surface area contributed by atoms with Gasteiger partial charge in [0, 0.05) is 0 Å². The van der Waals surface area contributed by atoms with Gasteiger partial charge < -0.3 is 29.6 Å². The molecule has 0 aliphatic carbocycles. The van der Waals surface area contributed by atoms with Crippen molar-refractivity contribution in [3.63, 3.8) is 0 Å². The van der Waals surface area contributed by atoms with Crippen molar-refractivity contribution in [3.05, 3.63) is 35.6 Å². The molecular weight excluding hydrogens is 622 g/mol. The largest absolute Gasteiger partial charge is 0.476 e. The molecule has 3 unspecified atom stereocenters. The van der Waals surface area contributed by atoms with Gasteiger partial charge in [-0.05, 0) is 38.3 Å². The fraction of sp³-hybridized carbons (Fsp3) is 0.556. The highest BCUT2D eigenvalue weighted by Gasteiger charge is 2.55. The second-order valence-corrected chi connectivity index (χ2v) is 13.7. The first-order chi connectivity index (χ1) is 20.5. The number of nitrogen functional groups attached to an aromatic ring is 1. The van der Waals surface area contributed by atoms with Crippen molar-refractivity contribution in [1.29, 1.82) is 0 Å². The summed E-state index contributed by atoms with van der Waals surface area (Å²) >= 11 is 6.21. The number of carbonyl (C=O) groups is 1. The van der Waals surface area contributed by atoms with E-state index in [1.165, 1.54) is 36.9 Å². The van der Waals surface area contributed by atoms with E-state index in [2.05, 4.69) is 20.0 Å². The van der Waals surface area contributed by atoms with Crippen LogP contribution in [0.3, 0.4) is 0 Å². The van der Waals surface area contributed by atoms with E-state index in [1.807, 2.05) is 20.8 Å². The number of anilines is 1. The first kappa shape index (κ1) is 33.8. The Balaban J connectivity index is 1.56. The molecule has 0 radical (unpaired) electrons. The zero-order valence-electron chi connectivity index (χ0n) is 25.2. The normalized spacial score (nSPS) is 24.2. The minimum absolute atomic E-state index is 0.0125. The average Bonchev–Trinajstić information content (AvgIpc) is 3.44. The maximum absolute atomic E-state index is 15.7. The number of nitrogens with zero attached hydrogens (tertiary/aromatic N) is 4. The molecule has 0 spiro atoms. The van der Waals surface area contributed by atoms with Gasteiger partial charge in [-0.3, -0.25) is 13.9 Å². The second kappa shape index (κ2) is 13.1. The molecule has 14 nitrogen and oxygen atoms in total. The minimum Gasteiger partial charge on any atom is -0.476 e. The standard InChI is InChI=1S/C27H37ClFN6O8P/c1-7-39-22-19-21(32-25(30)33-22)35(14-31-19)24-27(6,37)20(29)18(42-24)12-41-44(38,43-17-11-9-8-10-16(17)28)34-15(2)23(36)40-13-26(3,4)5/h8-11,14-15,18,20,24,37H,7,12-13H2,1-6H3,(H,34,38)(H2,30,32,33)/t15?,18-,20?,24-,27-,44?/m1/s1. The zero-order valence-corrected chi connectivity index (χ0v) is 26.8. The number of nitrogens with one attached hydrogen (secondary N) is 1. The van der Waals surface area contributed by atoms with E-state index in [0.717, 1.165) is 0 Å². The Morgan fingerprint density at radius 1 is 1.34 bits per heavy atom. The van der Waals surface area contributed by atoms with Gasteiger partial charge in [0.2, 0.25) is 11.8 Å². The molecule has 44 heavy (non-hydrogen) atoms. The number of aliphatic hydroxyl groups is 1. The number of alkyl halides is 1. The molecule has 4 N–H and O–H groups in total. The lowest BCUT2D eigenvalue weighted by Gasteiger charge is -2.26. The Labute approximate surface area is 258 Å². The van der Waals surface area contributed by atoms with Crippen LogP contribution >= 0.6 is 19.3 Å². The van der Waals surface area contributed by atoms with E-state index >= 15 is 4.39 Å². The summed E-state index contributed by atoms with van der Waals surface area (Å²) in [5.74, 6) is -0.742. The fourth-order valence-electron chi connectivity index (χ4n) is 4.28. The number of hydrogen-bond donors (Lipinski definition) is 3. The highest BCUT2D eigenvalue weighted by Crippen LogP contribution is 2.49. The van der Waals surface area contributed by atoms with Crippen molar-refractivity contribution in [2.45, 2.75) is 71.7 Å². The predicted octanol–water partition coefficient (Wildman–Crippen LogP) is 4.22. The number of para-hydroxylation sites is 1. The quantitative estimate of drug-likeness (QED) is 0.186. The summed E-state index contributed by atoms with van der Waals surface area (Å²) in [6.07, 6.45) is -3.57. The molecule has 3 aromatic rings. The molecule has 0 amide bonds. The topological polar surface area (TPSA) is 182 Å². The molecule has 1 fully saturated rings. The van der Waals surface area contributed by atoms with Crippen molar-refractivity contribution < 1.29 is 42.1 Å². The van der Waals surface area contributed by atoms with Crippen LogP contribution in [0.5, 0.6) is 11.6 Å². The number of ether oxygens (including phenoxy) is 3.